The van der Waals surface area contributed by atoms with Crippen molar-refractivity contribution in [1.82, 2.24) is 15.5 Å². The third kappa shape index (κ3) is 6.05. The fourth-order valence-electron chi connectivity index (χ4n) is 3.10. The minimum Gasteiger partial charge on any atom is -0.396 e. The van der Waals surface area contributed by atoms with Crippen LogP contribution in [0, 0.1) is 5.41 Å². The molecule has 0 bridgehead atoms. The number of morpholine rings is 1. The highest BCUT2D eigenvalue weighted by molar-refractivity contribution is 14.0. The van der Waals surface area contributed by atoms with E-state index < -0.39 is 0 Å². The van der Waals surface area contributed by atoms with Gasteiger partial charge in [0, 0.05) is 36.5 Å². The summed E-state index contributed by atoms with van der Waals surface area (Å²) in [6, 6.07) is 4.66. The molecule has 1 aliphatic carbocycles. The summed E-state index contributed by atoms with van der Waals surface area (Å²) in [4.78, 5) is 8.57. The van der Waals surface area contributed by atoms with Gasteiger partial charge < -0.3 is 20.5 Å². The highest BCUT2D eigenvalue weighted by atomic mass is 127. The Morgan fingerprint density at radius 1 is 1.38 bits per heavy atom. The standard InChI is InChI=1S/C18H30N4O2S.HI/c1-2-19-17(21-13-18(14-23)5-6-18)20-12-15(16-4-3-11-25-16)22-7-9-24-10-8-22;/h3-4,11,15,23H,2,5-10,12-14H2,1H3,(H2,19,20,21);1H. The first-order valence-corrected chi connectivity index (χ1v) is 10.1. The zero-order valence-corrected chi connectivity index (χ0v) is 18.6. The monoisotopic (exact) mass is 494 g/mol. The van der Waals surface area contributed by atoms with Gasteiger partial charge in [0.2, 0.25) is 0 Å². The second kappa shape index (κ2) is 10.8. The number of aliphatic imine (C=N–C) groups is 1. The molecule has 26 heavy (non-hydrogen) atoms. The molecule has 0 radical (unpaired) electrons. The van der Waals surface area contributed by atoms with Gasteiger partial charge in [-0.15, -0.1) is 35.3 Å². The lowest BCUT2D eigenvalue weighted by molar-refractivity contribution is 0.0177. The quantitative estimate of drug-likeness (QED) is 0.293. The number of aliphatic hydroxyl groups excluding tert-OH is 1. The SMILES string of the molecule is CCNC(=NCC1(CO)CC1)NCC(c1cccs1)N1CCOCC1.I. The topological polar surface area (TPSA) is 69.1 Å². The molecule has 1 aromatic rings. The Morgan fingerprint density at radius 2 is 2.15 bits per heavy atom. The van der Waals surface area contributed by atoms with E-state index in [4.69, 9.17) is 9.73 Å². The number of ether oxygens (including phenoxy) is 1. The maximum atomic E-state index is 9.49. The summed E-state index contributed by atoms with van der Waals surface area (Å²) in [5.41, 5.74) is 0.0414. The largest absolute Gasteiger partial charge is 0.396 e. The molecule has 2 aliphatic rings. The van der Waals surface area contributed by atoms with Crippen LogP contribution in [0.1, 0.15) is 30.7 Å². The van der Waals surface area contributed by atoms with Crippen LogP contribution in [-0.4, -0.2) is 68.5 Å². The highest BCUT2D eigenvalue weighted by Gasteiger charge is 2.41. The summed E-state index contributed by atoms with van der Waals surface area (Å²) in [7, 11) is 0. The van der Waals surface area contributed by atoms with E-state index in [1.165, 1.54) is 4.88 Å². The lowest BCUT2D eigenvalue weighted by atomic mass is 10.1. The second-order valence-corrected chi connectivity index (χ2v) is 7.89. The zero-order chi connectivity index (χ0) is 17.5. The summed E-state index contributed by atoms with van der Waals surface area (Å²) in [6.07, 6.45) is 2.16. The number of nitrogens with zero attached hydrogens (tertiary/aromatic N) is 2. The summed E-state index contributed by atoms with van der Waals surface area (Å²) in [5.74, 6) is 0.844. The van der Waals surface area contributed by atoms with Crippen LogP contribution in [0.2, 0.25) is 0 Å². The fraction of sp³-hybridized carbons (Fsp3) is 0.722. The minimum atomic E-state index is 0. The van der Waals surface area contributed by atoms with E-state index in [0.29, 0.717) is 12.6 Å². The van der Waals surface area contributed by atoms with Gasteiger partial charge in [0.05, 0.1) is 32.4 Å². The molecule has 1 aromatic heterocycles. The summed E-state index contributed by atoms with van der Waals surface area (Å²) >= 11 is 1.81. The van der Waals surface area contributed by atoms with E-state index in [-0.39, 0.29) is 36.0 Å². The van der Waals surface area contributed by atoms with Crippen LogP contribution in [0.25, 0.3) is 0 Å². The number of guanidine groups is 1. The van der Waals surface area contributed by atoms with Crippen molar-refractivity contribution in [2.24, 2.45) is 10.4 Å². The summed E-state index contributed by atoms with van der Waals surface area (Å²) in [5, 5.41) is 18.5. The van der Waals surface area contributed by atoms with E-state index in [1.807, 2.05) is 0 Å². The lowest BCUT2D eigenvalue weighted by Crippen LogP contribution is -2.46. The van der Waals surface area contributed by atoms with Gasteiger partial charge in [0.1, 0.15) is 0 Å². The number of nitrogens with one attached hydrogen (secondary N) is 2. The van der Waals surface area contributed by atoms with Crippen LogP contribution in [0.4, 0.5) is 0 Å². The molecule has 1 unspecified atom stereocenters. The Morgan fingerprint density at radius 3 is 2.73 bits per heavy atom. The third-order valence-corrected chi connectivity index (χ3v) is 6.00. The maximum absolute atomic E-state index is 9.49. The molecule has 1 aliphatic heterocycles. The van der Waals surface area contributed by atoms with Gasteiger partial charge in [-0.25, -0.2) is 0 Å². The van der Waals surface area contributed by atoms with Gasteiger partial charge >= 0.3 is 0 Å². The Kier molecular flexibility index (Phi) is 9.08. The lowest BCUT2D eigenvalue weighted by Gasteiger charge is -2.34. The number of thiophene rings is 1. The molecule has 0 spiro atoms. The normalized spacial score (nSPS) is 20.9. The average Bonchev–Trinajstić information content (AvgIpc) is 3.24. The van der Waals surface area contributed by atoms with Crippen LogP contribution in [0.3, 0.4) is 0 Å². The maximum Gasteiger partial charge on any atom is 0.191 e. The number of hydrogen-bond acceptors (Lipinski definition) is 5. The third-order valence-electron chi connectivity index (χ3n) is 5.03. The van der Waals surface area contributed by atoms with Gasteiger partial charge in [-0.3, -0.25) is 9.89 Å². The van der Waals surface area contributed by atoms with E-state index in [1.54, 1.807) is 11.3 Å². The van der Waals surface area contributed by atoms with Crippen LogP contribution < -0.4 is 10.6 Å². The Balaban J connectivity index is 0.00000243. The zero-order valence-electron chi connectivity index (χ0n) is 15.4. The second-order valence-electron chi connectivity index (χ2n) is 6.91. The molecule has 2 heterocycles. The molecule has 1 saturated heterocycles. The van der Waals surface area contributed by atoms with Gasteiger partial charge in [-0.2, -0.15) is 0 Å². The van der Waals surface area contributed by atoms with Gasteiger partial charge in [-0.1, -0.05) is 6.07 Å². The summed E-state index contributed by atoms with van der Waals surface area (Å²) in [6.45, 7) is 8.19. The van der Waals surface area contributed by atoms with Gasteiger partial charge in [0.15, 0.2) is 5.96 Å². The number of rotatable bonds is 8. The van der Waals surface area contributed by atoms with E-state index >= 15 is 0 Å². The number of aliphatic hydroxyl groups is 1. The predicted molar refractivity (Wildman–Crippen MR) is 118 cm³/mol. The minimum absolute atomic E-state index is 0. The molecule has 0 aromatic carbocycles. The van der Waals surface area contributed by atoms with Crippen molar-refractivity contribution >= 4 is 41.3 Å². The molecular weight excluding hydrogens is 463 g/mol. The number of hydrogen-bond donors (Lipinski definition) is 3. The van der Waals surface area contributed by atoms with E-state index in [9.17, 15) is 5.11 Å². The van der Waals surface area contributed by atoms with E-state index in [2.05, 4.69) is 40.0 Å². The first-order valence-electron chi connectivity index (χ1n) is 9.24. The van der Waals surface area contributed by atoms with Crippen LogP contribution >= 0.6 is 35.3 Å². The molecule has 3 rings (SSSR count). The average molecular weight is 494 g/mol. The van der Waals surface area contributed by atoms with Crippen molar-refractivity contribution < 1.29 is 9.84 Å². The highest BCUT2D eigenvalue weighted by Crippen LogP contribution is 2.45. The van der Waals surface area contributed by atoms with Crippen LogP contribution in [0.5, 0.6) is 0 Å². The number of halogens is 1. The van der Waals surface area contributed by atoms with Crippen LogP contribution in [0.15, 0.2) is 22.5 Å². The van der Waals surface area contributed by atoms with Crippen molar-refractivity contribution in [2.75, 3.05) is 52.5 Å². The first-order chi connectivity index (χ1) is 12.3. The van der Waals surface area contributed by atoms with Crippen molar-refractivity contribution in [2.45, 2.75) is 25.8 Å². The fourth-order valence-corrected chi connectivity index (χ4v) is 3.97. The van der Waals surface area contributed by atoms with Crippen molar-refractivity contribution in [3.63, 3.8) is 0 Å². The molecular formula is C18H31IN4O2S. The Bertz CT molecular complexity index is 545. The molecule has 6 nitrogen and oxygen atoms in total. The molecule has 0 amide bonds. The van der Waals surface area contributed by atoms with Crippen LogP contribution in [-0.2, 0) is 4.74 Å². The van der Waals surface area contributed by atoms with Crippen molar-refractivity contribution in [3.05, 3.63) is 22.4 Å². The predicted octanol–water partition coefficient (Wildman–Crippen LogP) is 2.07. The Labute approximate surface area is 177 Å². The molecule has 3 N–H and O–H groups in total. The molecule has 1 atom stereocenters. The molecule has 8 heteroatoms. The van der Waals surface area contributed by atoms with Gasteiger partial charge in [0.25, 0.3) is 0 Å². The smallest absolute Gasteiger partial charge is 0.191 e. The van der Waals surface area contributed by atoms with Gasteiger partial charge in [-0.05, 0) is 31.2 Å². The molecule has 1 saturated carbocycles. The Hall–Kier alpha value is -0.420. The first kappa shape index (κ1) is 21.9. The summed E-state index contributed by atoms with van der Waals surface area (Å²) < 4.78 is 5.51. The van der Waals surface area contributed by atoms with Crippen molar-refractivity contribution in [1.29, 1.82) is 0 Å². The van der Waals surface area contributed by atoms with Crippen molar-refractivity contribution in [3.8, 4) is 0 Å². The molecule has 148 valence electrons. The van der Waals surface area contributed by atoms with E-state index in [0.717, 1.165) is 58.2 Å². The molecule has 2 fully saturated rings.